The standard InChI is InChI=1S/C26H48O4Si/c1-18(2)31(19(3)4,20(5)6)30-14-13-24(8)21(7)17-23(27)25(9)22(24)11-10-12-26(25)28-15-16-29-26/h18-20,22-23,27H,7,10-17H2,1-6,8-9H3/t22-,23+,24+,25+/m0/s1. The van der Waals surface area contributed by atoms with Crippen molar-refractivity contribution in [3.63, 3.8) is 0 Å². The summed E-state index contributed by atoms with van der Waals surface area (Å²) < 4.78 is 19.5. The molecule has 3 rings (SSSR count). The monoisotopic (exact) mass is 452 g/mol. The lowest BCUT2D eigenvalue weighted by molar-refractivity contribution is -0.312. The Balaban J connectivity index is 1.87. The van der Waals surface area contributed by atoms with Gasteiger partial charge in [0.25, 0.3) is 0 Å². The van der Waals surface area contributed by atoms with Crippen molar-refractivity contribution in [3.05, 3.63) is 12.2 Å². The predicted molar refractivity (Wildman–Crippen MR) is 130 cm³/mol. The summed E-state index contributed by atoms with van der Waals surface area (Å²) in [5.74, 6) is -0.371. The largest absolute Gasteiger partial charge is 0.416 e. The molecule has 1 saturated heterocycles. The van der Waals surface area contributed by atoms with E-state index in [-0.39, 0.29) is 11.3 Å². The number of aliphatic hydroxyl groups is 1. The van der Waals surface area contributed by atoms with E-state index in [1.807, 2.05) is 0 Å². The van der Waals surface area contributed by atoms with Crippen molar-refractivity contribution in [2.24, 2.45) is 16.7 Å². The normalized spacial score (nSPS) is 36.1. The molecule has 4 nitrogen and oxygen atoms in total. The van der Waals surface area contributed by atoms with Crippen LogP contribution < -0.4 is 0 Å². The zero-order valence-corrected chi connectivity index (χ0v) is 22.4. The fourth-order valence-electron chi connectivity index (χ4n) is 7.97. The summed E-state index contributed by atoms with van der Waals surface area (Å²) >= 11 is 0. The molecular weight excluding hydrogens is 404 g/mol. The smallest absolute Gasteiger partial charge is 0.200 e. The zero-order valence-electron chi connectivity index (χ0n) is 21.4. The molecule has 0 amide bonds. The van der Waals surface area contributed by atoms with E-state index < -0.39 is 25.6 Å². The van der Waals surface area contributed by atoms with Gasteiger partial charge in [-0.1, -0.05) is 67.5 Å². The van der Waals surface area contributed by atoms with Gasteiger partial charge >= 0.3 is 0 Å². The number of hydrogen-bond acceptors (Lipinski definition) is 4. The summed E-state index contributed by atoms with van der Waals surface area (Å²) in [4.78, 5) is 0. The first kappa shape index (κ1) is 25.4. The summed E-state index contributed by atoms with van der Waals surface area (Å²) in [7, 11) is -1.90. The number of fused-ring (bicyclic) bond motifs is 2. The van der Waals surface area contributed by atoms with Crippen molar-refractivity contribution in [2.45, 2.75) is 116 Å². The Morgan fingerprint density at radius 3 is 2.13 bits per heavy atom. The maximum Gasteiger partial charge on any atom is 0.200 e. The van der Waals surface area contributed by atoms with Gasteiger partial charge in [-0.05, 0) is 53.6 Å². The Hall–Kier alpha value is -0.203. The highest BCUT2D eigenvalue weighted by Gasteiger charge is 2.67. The molecule has 0 bridgehead atoms. The van der Waals surface area contributed by atoms with Crippen molar-refractivity contribution in [1.82, 2.24) is 0 Å². The van der Waals surface area contributed by atoms with Crippen LogP contribution >= 0.6 is 0 Å². The lowest BCUT2D eigenvalue weighted by atomic mass is 9.46. The molecular formula is C26H48O4Si. The third-order valence-electron chi connectivity index (χ3n) is 9.69. The minimum absolute atomic E-state index is 0.0816. The summed E-state index contributed by atoms with van der Waals surface area (Å²) in [6.45, 7) is 25.2. The van der Waals surface area contributed by atoms with Crippen LogP contribution in [-0.4, -0.2) is 45.1 Å². The van der Waals surface area contributed by atoms with Crippen LogP contribution in [0, 0.1) is 16.7 Å². The van der Waals surface area contributed by atoms with Gasteiger partial charge in [0.05, 0.1) is 24.7 Å². The van der Waals surface area contributed by atoms with Crippen LogP contribution in [-0.2, 0) is 13.9 Å². The average molecular weight is 453 g/mol. The maximum absolute atomic E-state index is 11.3. The topological polar surface area (TPSA) is 47.9 Å². The molecule has 2 aliphatic carbocycles. The molecule has 1 heterocycles. The van der Waals surface area contributed by atoms with Crippen LogP contribution in [0.1, 0.15) is 87.5 Å². The zero-order chi connectivity index (χ0) is 23.2. The maximum atomic E-state index is 11.3. The van der Waals surface area contributed by atoms with Gasteiger partial charge in [-0.15, -0.1) is 0 Å². The molecule has 3 aliphatic rings. The van der Waals surface area contributed by atoms with Crippen molar-refractivity contribution >= 4 is 8.32 Å². The number of aliphatic hydroxyl groups excluding tert-OH is 1. The van der Waals surface area contributed by atoms with Crippen LogP contribution in [0.4, 0.5) is 0 Å². The highest BCUT2D eigenvalue weighted by atomic mass is 28.4. The van der Waals surface area contributed by atoms with Crippen molar-refractivity contribution < 1.29 is 19.0 Å². The number of ether oxygens (including phenoxy) is 2. The number of rotatable bonds is 7. The SMILES string of the molecule is C=C1C[C@@H](O)[C@@]2(C)[C@@H](CCCC23OCCO3)[C@]1(C)CCO[Si](C(C)C)(C(C)C)C(C)C. The average Bonchev–Trinajstić information content (AvgIpc) is 3.15. The van der Waals surface area contributed by atoms with Gasteiger partial charge in [0.15, 0.2) is 14.1 Å². The lowest BCUT2D eigenvalue weighted by Gasteiger charge is -2.63. The molecule has 1 aliphatic heterocycles. The van der Waals surface area contributed by atoms with E-state index in [0.29, 0.717) is 36.3 Å². The van der Waals surface area contributed by atoms with E-state index in [4.69, 9.17) is 13.9 Å². The summed E-state index contributed by atoms with van der Waals surface area (Å²) in [5, 5.41) is 11.3. The van der Waals surface area contributed by atoms with E-state index >= 15 is 0 Å². The first-order valence-electron chi connectivity index (χ1n) is 12.7. The fraction of sp³-hybridized carbons (Fsp3) is 0.923. The molecule has 1 N–H and O–H groups in total. The van der Waals surface area contributed by atoms with E-state index in [2.05, 4.69) is 62.0 Å². The van der Waals surface area contributed by atoms with Gasteiger partial charge < -0.3 is 19.0 Å². The Kier molecular flexibility index (Phi) is 7.27. The summed E-state index contributed by atoms with van der Waals surface area (Å²) in [6.07, 6.45) is 4.13. The molecule has 1 spiro atoms. The molecule has 5 heteroatoms. The first-order valence-corrected chi connectivity index (χ1v) is 14.8. The molecule has 180 valence electrons. The molecule has 31 heavy (non-hydrogen) atoms. The lowest BCUT2D eigenvalue weighted by Crippen LogP contribution is -2.66. The highest BCUT2D eigenvalue weighted by molar-refractivity contribution is 6.77. The van der Waals surface area contributed by atoms with Gasteiger partial charge in [-0.2, -0.15) is 0 Å². The van der Waals surface area contributed by atoms with Crippen LogP contribution in [0.15, 0.2) is 12.2 Å². The van der Waals surface area contributed by atoms with Gasteiger partial charge in [0.2, 0.25) is 0 Å². The summed E-state index contributed by atoms with van der Waals surface area (Å²) in [5.41, 5.74) is 2.43. The van der Waals surface area contributed by atoms with Crippen LogP contribution in [0.5, 0.6) is 0 Å². The number of hydrogen-bond donors (Lipinski definition) is 1. The molecule has 0 unspecified atom stereocenters. The Morgan fingerprint density at radius 2 is 1.61 bits per heavy atom. The highest BCUT2D eigenvalue weighted by Crippen LogP contribution is 2.65. The van der Waals surface area contributed by atoms with E-state index in [1.165, 1.54) is 5.57 Å². The van der Waals surface area contributed by atoms with E-state index in [1.54, 1.807) is 0 Å². The minimum atomic E-state index is -1.90. The fourth-order valence-corrected chi connectivity index (χ4v) is 13.4. The second-order valence-corrected chi connectivity index (χ2v) is 17.3. The Labute approximate surface area is 192 Å². The molecule has 0 radical (unpaired) electrons. The minimum Gasteiger partial charge on any atom is -0.416 e. The third kappa shape index (κ3) is 3.71. The van der Waals surface area contributed by atoms with Crippen LogP contribution in [0.2, 0.25) is 16.6 Å². The molecule has 0 aromatic carbocycles. The Bertz CT molecular complexity index is 632. The third-order valence-corrected chi connectivity index (χ3v) is 15.8. The quantitative estimate of drug-likeness (QED) is 0.356. The van der Waals surface area contributed by atoms with Crippen LogP contribution in [0.25, 0.3) is 0 Å². The second kappa shape index (κ2) is 8.86. The van der Waals surface area contributed by atoms with Crippen molar-refractivity contribution in [2.75, 3.05) is 19.8 Å². The molecule has 0 aromatic rings. The predicted octanol–water partition coefficient (Wildman–Crippen LogP) is 6.45. The first-order chi connectivity index (χ1) is 14.4. The van der Waals surface area contributed by atoms with Gasteiger partial charge in [0, 0.05) is 13.0 Å². The summed E-state index contributed by atoms with van der Waals surface area (Å²) in [6, 6.07) is 0. The van der Waals surface area contributed by atoms with Crippen LogP contribution in [0.3, 0.4) is 0 Å². The molecule has 4 atom stereocenters. The second-order valence-electron chi connectivity index (χ2n) is 11.8. The van der Waals surface area contributed by atoms with Crippen molar-refractivity contribution in [1.29, 1.82) is 0 Å². The van der Waals surface area contributed by atoms with E-state index in [0.717, 1.165) is 32.3 Å². The van der Waals surface area contributed by atoms with Gasteiger partial charge in [-0.3, -0.25) is 0 Å². The molecule has 0 aromatic heterocycles. The van der Waals surface area contributed by atoms with E-state index in [9.17, 15) is 5.11 Å². The Morgan fingerprint density at radius 1 is 1.06 bits per heavy atom. The van der Waals surface area contributed by atoms with Gasteiger partial charge in [-0.25, -0.2) is 0 Å². The molecule has 2 saturated carbocycles. The molecule has 3 fully saturated rings. The van der Waals surface area contributed by atoms with Gasteiger partial charge in [0.1, 0.15) is 0 Å². The van der Waals surface area contributed by atoms with Crippen molar-refractivity contribution in [3.8, 4) is 0 Å².